The third-order valence-corrected chi connectivity index (χ3v) is 4.57. The van der Waals surface area contributed by atoms with Crippen molar-refractivity contribution in [1.29, 1.82) is 0 Å². The number of nitrogens with zero attached hydrogens (tertiary/aromatic N) is 2. The summed E-state index contributed by atoms with van der Waals surface area (Å²) in [6.07, 6.45) is 1.01. The first kappa shape index (κ1) is 16.9. The third kappa shape index (κ3) is 3.84. The van der Waals surface area contributed by atoms with Crippen molar-refractivity contribution < 1.29 is 4.39 Å². The second-order valence-electron chi connectivity index (χ2n) is 6.13. The van der Waals surface area contributed by atoms with Crippen LogP contribution >= 0.6 is 34.8 Å². The zero-order chi connectivity index (χ0) is 15.7. The van der Waals surface area contributed by atoms with Crippen molar-refractivity contribution in [1.82, 2.24) is 14.5 Å². The first-order chi connectivity index (χ1) is 9.79. The Morgan fingerprint density at radius 2 is 2.05 bits per heavy atom. The molecule has 1 heterocycles. The molecule has 116 valence electrons. The third-order valence-electron chi connectivity index (χ3n) is 3.44. The van der Waals surface area contributed by atoms with Crippen molar-refractivity contribution in [2.45, 2.75) is 26.3 Å². The van der Waals surface area contributed by atoms with Crippen LogP contribution in [0, 0.1) is 20.1 Å². The van der Waals surface area contributed by atoms with E-state index in [9.17, 15) is 4.39 Å². The molecule has 0 aliphatic rings. The van der Waals surface area contributed by atoms with Crippen LogP contribution in [0.15, 0.2) is 12.1 Å². The van der Waals surface area contributed by atoms with Gasteiger partial charge in [0.25, 0.3) is 0 Å². The van der Waals surface area contributed by atoms with E-state index in [4.69, 9.17) is 12.2 Å². The fourth-order valence-corrected chi connectivity index (χ4v) is 3.53. The van der Waals surface area contributed by atoms with Gasteiger partial charge < -0.3 is 14.5 Å². The highest BCUT2D eigenvalue weighted by atomic mass is 127. The van der Waals surface area contributed by atoms with Crippen LogP contribution in [0.4, 0.5) is 4.39 Å². The van der Waals surface area contributed by atoms with Crippen molar-refractivity contribution >= 4 is 45.8 Å². The van der Waals surface area contributed by atoms with Crippen molar-refractivity contribution in [3.63, 3.8) is 0 Å². The van der Waals surface area contributed by atoms with Crippen LogP contribution < -0.4 is 0 Å². The molecular formula is C15H21FIN3S. The Balaban J connectivity index is 2.58. The van der Waals surface area contributed by atoms with Gasteiger partial charge in [0.2, 0.25) is 0 Å². The van der Waals surface area contributed by atoms with E-state index in [0.717, 1.165) is 24.0 Å². The maximum absolute atomic E-state index is 13.9. The molecule has 1 N–H and O–H groups in total. The van der Waals surface area contributed by atoms with E-state index in [1.807, 2.05) is 28.7 Å². The summed E-state index contributed by atoms with van der Waals surface area (Å²) in [6, 6.07) is 3.65. The Hall–Kier alpha value is -0.470. The van der Waals surface area contributed by atoms with Gasteiger partial charge in [0.05, 0.1) is 14.6 Å². The highest BCUT2D eigenvalue weighted by Crippen LogP contribution is 2.27. The standard InChI is InChI=1S/C15H21FIN3S/c1-9(2)5-10(8-19(3)4)20-14-6-11(16)12(17)7-13(14)18-15(20)21/h6-7,9-10H,5,8H2,1-4H3,(H,18,21). The number of aromatic amines is 1. The summed E-state index contributed by atoms with van der Waals surface area (Å²) in [5, 5.41) is 0. The van der Waals surface area contributed by atoms with Gasteiger partial charge in [-0.2, -0.15) is 0 Å². The molecule has 2 rings (SSSR count). The number of aromatic nitrogens is 2. The number of likely N-dealkylation sites (N-methyl/N-ethyl adjacent to an activating group) is 1. The van der Waals surface area contributed by atoms with Gasteiger partial charge in [-0.3, -0.25) is 0 Å². The van der Waals surface area contributed by atoms with E-state index < -0.39 is 0 Å². The van der Waals surface area contributed by atoms with Gasteiger partial charge in [-0.15, -0.1) is 0 Å². The lowest BCUT2D eigenvalue weighted by atomic mass is 10.0. The molecule has 1 aromatic carbocycles. The molecule has 1 unspecified atom stereocenters. The van der Waals surface area contributed by atoms with E-state index >= 15 is 0 Å². The zero-order valence-corrected chi connectivity index (χ0v) is 15.8. The minimum atomic E-state index is -0.195. The quantitative estimate of drug-likeness (QED) is 0.564. The molecule has 3 nitrogen and oxygen atoms in total. The zero-order valence-electron chi connectivity index (χ0n) is 12.8. The first-order valence-electron chi connectivity index (χ1n) is 7.03. The minimum Gasteiger partial charge on any atom is -0.331 e. The summed E-state index contributed by atoms with van der Waals surface area (Å²) in [5.41, 5.74) is 1.75. The Morgan fingerprint density at radius 1 is 1.38 bits per heavy atom. The molecule has 0 radical (unpaired) electrons. The molecule has 0 saturated heterocycles. The molecule has 0 bridgehead atoms. The largest absolute Gasteiger partial charge is 0.331 e. The van der Waals surface area contributed by atoms with Gasteiger partial charge >= 0.3 is 0 Å². The lowest BCUT2D eigenvalue weighted by Gasteiger charge is -2.25. The lowest BCUT2D eigenvalue weighted by molar-refractivity contribution is 0.291. The van der Waals surface area contributed by atoms with Gasteiger partial charge in [-0.25, -0.2) is 4.39 Å². The second kappa shape index (κ2) is 6.75. The summed E-state index contributed by atoms with van der Waals surface area (Å²) >= 11 is 7.49. The number of H-pyrrole nitrogens is 1. The fraction of sp³-hybridized carbons (Fsp3) is 0.533. The lowest BCUT2D eigenvalue weighted by Crippen LogP contribution is -2.25. The summed E-state index contributed by atoms with van der Waals surface area (Å²) in [6.45, 7) is 5.28. The second-order valence-corrected chi connectivity index (χ2v) is 7.68. The van der Waals surface area contributed by atoms with Gasteiger partial charge in [0.1, 0.15) is 5.82 Å². The number of rotatable bonds is 5. The molecule has 0 amide bonds. The van der Waals surface area contributed by atoms with Crippen LogP contribution in [0.3, 0.4) is 0 Å². The van der Waals surface area contributed by atoms with Gasteiger partial charge in [0, 0.05) is 18.7 Å². The summed E-state index contributed by atoms with van der Waals surface area (Å²) in [4.78, 5) is 5.36. The number of hydrogen-bond donors (Lipinski definition) is 1. The van der Waals surface area contributed by atoms with E-state index in [0.29, 0.717) is 14.3 Å². The number of benzene rings is 1. The molecule has 1 aromatic heterocycles. The van der Waals surface area contributed by atoms with E-state index in [1.165, 1.54) is 0 Å². The minimum absolute atomic E-state index is 0.195. The maximum Gasteiger partial charge on any atom is 0.178 e. The first-order valence-corrected chi connectivity index (χ1v) is 8.52. The summed E-state index contributed by atoms with van der Waals surface area (Å²) in [7, 11) is 4.10. The number of nitrogens with one attached hydrogen (secondary N) is 1. The normalized spacial score (nSPS) is 13.5. The SMILES string of the molecule is CC(C)CC(CN(C)C)n1c(=S)[nH]c2cc(I)c(F)cc21. The van der Waals surface area contributed by atoms with Crippen LogP contribution in [0.1, 0.15) is 26.3 Å². The van der Waals surface area contributed by atoms with Crippen molar-refractivity contribution in [2.24, 2.45) is 5.92 Å². The molecule has 0 aliphatic heterocycles. The van der Waals surface area contributed by atoms with Gasteiger partial charge in [0.15, 0.2) is 4.77 Å². The van der Waals surface area contributed by atoms with Crippen LogP contribution in [0.5, 0.6) is 0 Å². The Kier molecular flexibility index (Phi) is 5.43. The van der Waals surface area contributed by atoms with Crippen molar-refractivity contribution in [3.05, 3.63) is 26.3 Å². The summed E-state index contributed by atoms with van der Waals surface area (Å²) in [5.74, 6) is 0.356. The average Bonchev–Trinajstić information content (AvgIpc) is 2.63. The predicted octanol–water partition coefficient (Wildman–Crippen LogP) is 4.59. The number of imidazole rings is 1. The van der Waals surface area contributed by atoms with E-state index in [1.54, 1.807) is 6.07 Å². The van der Waals surface area contributed by atoms with Gasteiger partial charge in [-0.1, -0.05) is 13.8 Å². The van der Waals surface area contributed by atoms with E-state index in [-0.39, 0.29) is 11.9 Å². The smallest absolute Gasteiger partial charge is 0.178 e. The molecule has 2 aromatic rings. The Morgan fingerprint density at radius 3 is 2.62 bits per heavy atom. The molecule has 1 atom stereocenters. The fourth-order valence-electron chi connectivity index (χ4n) is 2.71. The van der Waals surface area contributed by atoms with Crippen LogP contribution in [-0.4, -0.2) is 35.1 Å². The molecule has 0 saturated carbocycles. The van der Waals surface area contributed by atoms with Crippen LogP contribution in [0.2, 0.25) is 0 Å². The van der Waals surface area contributed by atoms with Crippen LogP contribution in [0.25, 0.3) is 11.0 Å². The predicted molar refractivity (Wildman–Crippen MR) is 96.8 cm³/mol. The van der Waals surface area contributed by atoms with Gasteiger partial charge in [-0.05, 0) is 67.3 Å². The molecular weight excluding hydrogens is 400 g/mol. The topological polar surface area (TPSA) is 24.0 Å². The summed E-state index contributed by atoms with van der Waals surface area (Å²) < 4.78 is 17.3. The Labute approximate surface area is 143 Å². The molecule has 6 heteroatoms. The van der Waals surface area contributed by atoms with Crippen molar-refractivity contribution in [3.8, 4) is 0 Å². The van der Waals surface area contributed by atoms with Crippen LogP contribution in [-0.2, 0) is 0 Å². The van der Waals surface area contributed by atoms with E-state index in [2.05, 4.69) is 42.4 Å². The number of hydrogen-bond acceptors (Lipinski definition) is 2. The van der Waals surface area contributed by atoms with Crippen molar-refractivity contribution in [2.75, 3.05) is 20.6 Å². The molecule has 21 heavy (non-hydrogen) atoms. The maximum atomic E-state index is 13.9. The molecule has 0 aliphatic carbocycles. The number of fused-ring (bicyclic) bond motifs is 1. The number of halogens is 2. The monoisotopic (exact) mass is 421 g/mol. The Bertz CT molecular complexity index is 680. The highest BCUT2D eigenvalue weighted by molar-refractivity contribution is 14.1. The average molecular weight is 421 g/mol. The molecule has 0 spiro atoms. The highest BCUT2D eigenvalue weighted by Gasteiger charge is 2.19. The molecule has 0 fully saturated rings.